The molecule has 2 aromatic rings. The maximum atomic E-state index is 10.4. The molecule has 0 aliphatic rings. The Bertz CT molecular complexity index is 392. The van der Waals surface area contributed by atoms with Gasteiger partial charge < -0.3 is 4.42 Å². The molecule has 1 aromatic carbocycles. The summed E-state index contributed by atoms with van der Waals surface area (Å²) in [7, 11) is 0. The van der Waals surface area contributed by atoms with Gasteiger partial charge in [-0.3, -0.25) is 4.79 Å². The summed E-state index contributed by atoms with van der Waals surface area (Å²) in [5.74, 6) is 0.403. The van der Waals surface area contributed by atoms with E-state index in [9.17, 15) is 4.79 Å². The highest BCUT2D eigenvalue weighted by atomic mass is 16.3. The Hall–Kier alpha value is -1.57. The Morgan fingerprint density at radius 2 is 2.18 bits per heavy atom. The highest BCUT2D eigenvalue weighted by Crippen LogP contribution is 2.18. The van der Waals surface area contributed by atoms with Gasteiger partial charge in [0.05, 0.1) is 6.26 Å². The van der Waals surface area contributed by atoms with Gasteiger partial charge in [-0.2, -0.15) is 0 Å². The van der Waals surface area contributed by atoms with E-state index in [0.717, 1.165) is 17.1 Å². The zero-order valence-electron chi connectivity index (χ0n) is 6.78. The van der Waals surface area contributed by atoms with E-state index in [1.807, 2.05) is 24.3 Å². The second-order valence-corrected chi connectivity index (χ2v) is 2.31. The molecule has 0 aliphatic heterocycles. The highest BCUT2D eigenvalue weighted by Gasteiger charge is 2.01. The molecule has 0 unspecified atom stereocenters. The summed E-state index contributed by atoms with van der Waals surface area (Å²) in [5.41, 5.74) is 0. The molecule has 1 aromatic heterocycles. The third-order valence-electron chi connectivity index (χ3n) is 1.65. The van der Waals surface area contributed by atoms with E-state index in [-0.39, 0.29) is 1.43 Å². The van der Waals surface area contributed by atoms with Crippen LogP contribution in [0.3, 0.4) is 0 Å². The Kier molecular flexibility index (Phi) is 1.25. The molecular formula is C9H7O2+. The fourth-order valence-electron chi connectivity index (χ4n) is 1.11. The number of rotatable bonds is 1. The summed E-state index contributed by atoms with van der Waals surface area (Å²) in [5, 5.41) is 1.84. The lowest BCUT2D eigenvalue weighted by molar-refractivity contribution is 0.110. The van der Waals surface area contributed by atoms with Gasteiger partial charge in [-0.05, 0) is 0 Å². The van der Waals surface area contributed by atoms with E-state index >= 15 is 0 Å². The van der Waals surface area contributed by atoms with Gasteiger partial charge in [0.2, 0.25) is 0 Å². The molecule has 54 valence electrons. The van der Waals surface area contributed by atoms with Crippen LogP contribution in [-0.4, -0.2) is 6.29 Å². The van der Waals surface area contributed by atoms with Crippen LogP contribution < -0.4 is 0 Å². The summed E-state index contributed by atoms with van der Waals surface area (Å²) < 4.78 is 5.00. The minimum atomic E-state index is 0. The van der Waals surface area contributed by atoms with Gasteiger partial charge in [0.15, 0.2) is 12.0 Å². The van der Waals surface area contributed by atoms with E-state index in [2.05, 4.69) is 0 Å². The monoisotopic (exact) mass is 147 g/mol. The molecule has 0 saturated heterocycles. The first-order valence-corrected chi connectivity index (χ1v) is 3.33. The summed E-state index contributed by atoms with van der Waals surface area (Å²) >= 11 is 0. The summed E-state index contributed by atoms with van der Waals surface area (Å²) in [4.78, 5) is 10.4. The van der Waals surface area contributed by atoms with Crippen molar-refractivity contribution in [3.8, 4) is 0 Å². The molecule has 0 spiro atoms. The van der Waals surface area contributed by atoms with Crippen LogP contribution in [0.4, 0.5) is 0 Å². The molecule has 11 heavy (non-hydrogen) atoms. The Labute approximate surface area is 64.9 Å². The van der Waals surface area contributed by atoms with E-state index in [0.29, 0.717) is 5.76 Å². The largest absolute Gasteiger partial charge is 1.00 e. The first kappa shape index (κ1) is 6.16. The molecule has 0 radical (unpaired) electrons. The van der Waals surface area contributed by atoms with Gasteiger partial charge >= 0.3 is 1.43 Å². The van der Waals surface area contributed by atoms with Gasteiger partial charge in [0.1, 0.15) is 0 Å². The fourth-order valence-corrected chi connectivity index (χ4v) is 1.11. The van der Waals surface area contributed by atoms with Gasteiger partial charge in [-0.15, -0.1) is 0 Å². The zero-order chi connectivity index (χ0) is 7.68. The molecule has 0 aliphatic carbocycles. The number of furan rings is 1. The Morgan fingerprint density at radius 1 is 1.36 bits per heavy atom. The first-order valence-electron chi connectivity index (χ1n) is 3.33. The molecule has 1 heterocycles. The minimum Gasteiger partial charge on any atom is -0.460 e. The lowest BCUT2D eigenvalue weighted by Gasteiger charge is -1.84. The van der Waals surface area contributed by atoms with Gasteiger partial charge in [0, 0.05) is 10.8 Å². The number of aldehydes is 1. The normalized spacial score (nSPS) is 10.2. The van der Waals surface area contributed by atoms with Crippen molar-refractivity contribution in [2.75, 3.05) is 0 Å². The van der Waals surface area contributed by atoms with Crippen molar-refractivity contribution in [3.05, 3.63) is 36.3 Å². The van der Waals surface area contributed by atoms with Crippen molar-refractivity contribution in [2.45, 2.75) is 0 Å². The number of carbonyl (C=O) groups excluding carboxylic acids is 1. The molecule has 0 atom stereocenters. The van der Waals surface area contributed by atoms with Gasteiger partial charge in [-0.25, -0.2) is 0 Å². The van der Waals surface area contributed by atoms with Crippen molar-refractivity contribution in [1.82, 2.24) is 0 Å². The number of hydrogen-bond acceptors (Lipinski definition) is 2. The lowest BCUT2D eigenvalue weighted by atomic mass is 10.2. The average Bonchev–Trinajstić information content (AvgIpc) is 2.47. The summed E-state index contributed by atoms with van der Waals surface area (Å²) in [6.07, 6.45) is 2.31. The first-order chi connectivity index (χ1) is 5.42. The van der Waals surface area contributed by atoms with E-state index in [4.69, 9.17) is 4.42 Å². The maximum Gasteiger partial charge on any atom is 1.00 e. The number of hydrogen-bond donors (Lipinski definition) is 0. The van der Waals surface area contributed by atoms with E-state index in [1.165, 1.54) is 0 Å². The predicted molar refractivity (Wildman–Crippen MR) is 42.7 cm³/mol. The molecule has 0 bridgehead atoms. The van der Waals surface area contributed by atoms with Gasteiger partial charge in [-0.1, -0.05) is 24.3 Å². The smallest absolute Gasteiger partial charge is 0.460 e. The molecular weight excluding hydrogens is 140 g/mol. The highest BCUT2D eigenvalue weighted by molar-refractivity contribution is 5.95. The molecule has 2 rings (SSSR count). The lowest BCUT2D eigenvalue weighted by Crippen LogP contribution is -1.72. The number of carbonyl (C=O) groups is 1. The quantitative estimate of drug-likeness (QED) is 0.579. The van der Waals surface area contributed by atoms with Crippen molar-refractivity contribution in [2.24, 2.45) is 0 Å². The molecule has 0 N–H and O–H groups in total. The fraction of sp³-hybridized carbons (Fsp3) is 0. The second-order valence-electron chi connectivity index (χ2n) is 2.31. The van der Waals surface area contributed by atoms with Crippen LogP contribution in [0, 0.1) is 0 Å². The van der Waals surface area contributed by atoms with Crippen LogP contribution in [0.5, 0.6) is 0 Å². The molecule has 0 fully saturated rings. The van der Waals surface area contributed by atoms with E-state index in [1.54, 1.807) is 6.26 Å². The number of fused-ring (bicyclic) bond motifs is 1. The maximum absolute atomic E-state index is 10.4. The van der Waals surface area contributed by atoms with Crippen molar-refractivity contribution in [3.63, 3.8) is 0 Å². The average molecular weight is 147 g/mol. The van der Waals surface area contributed by atoms with Gasteiger partial charge in [0.25, 0.3) is 0 Å². The van der Waals surface area contributed by atoms with Crippen molar-refractivity contribution in [1.29, 1.82) is 0 Å². The third-order valence-corrected chi connectivity index (χ3v) is 1.65. The Morgan fingerprint density at radius 3 is 3.00 bits per heavy atom. The van der Waals surface area contributed by atoms with Crippen molar-refractivity contribution >= 4 is 17.1 Å². The van der Waals surface area contributed by atoms with Crippen LogP contribution in [0.25, 0.3) is 10.8 Å². The topological polar surface area (TPSA) is 30.2 Å². The van der Waals surface area contributed by atoms with Crippen LogP contribution in [0.2, 0.25) is 0 Å². The molecule has 2 heteroatoms. The molecule has 0 saturated carbocycles. The predicted octanol–water partition coefficient (Wildman–Crippen LogP) is 2.36. The van der Waals surface area contributed by atoms with Crippen LogP contribution in [-0.2, 0) is 0 Å². The number of benzene rings is 1. The van der Waals surface area contributed by atoms with Crippen LogP contribution >= 0.6 is 0 Å². The minimum absolute atomic E-state index is 0. The third kappa shape index (κ3) is 0.835. The van der Waals surface area contributed by atoms with Crippen molar-refractivity contribution < 1.29 is 10.6 Å². The SMILES string of the molecule is O=Cc1occ2ccccc12.[H+]. The second kappa shape index (κ2) is 2.23. The van der Waals surface area contributed by atoms with Crippen LogP contribution in [0.15, 0.2) is 34.9 Å². The zero-order valence-corrected chi connectivity index (χ0v) is 5.78. The standard InChI is InChI=1S/C9H6O2/c10-5-9-8-4-2-1-3-7(8)6-11-9/h1-6H/p+1. The Balaban J connectivity index is 0.000000720. The summed E-state index contributed by atoms with van der Waals surface area (Å²) in [6, 6.07) is 7.56. The molecule has 2 nitrogen and oxygen atoms in total. The molecule has 0 amide bonds. The van der Waals surface area contributed by atoms with Crippen LogP contribution in [0.1, 0.15) is 12.0 Å². The summed E-state index contributed by atoms with van der Waals surface area (Å²) in [6.45, 7) is 0. The van der Waals surface area contributed by atoms with E-state index < -0.39 is 0 Å².